The fraction of sp³-hybridized carbons (Fsp3) is 0.805. The molecule has 0 amide bonds. The molecule has 3 nitrogen and oxygen atoms in total. The highest BCUT2D eigenvalue weighted by Crippen LogP contribution is 2.14. The van der Waals surface area contributed by atoms with Gasteiger partial charge in [-0.1, -0.05) is 172 Å². The van der Waals surface area contributed by atoms with Gasteiger partial charge < -0.3 is 14.6 Å². The summed E-state index contributed by atoms with van der Waals surface area (Å²) in [5.74, 6) is 0. The van der Waals surface area contributed by atoms with Gasteiger partial charge in [0.1, 0.15) is 6.10 Å². The predicted molar refractivity (Wildman–Crippen MR) is 196 cm³/mol. The van der Waals surface area contributed by atoms with Gasteiger partial charge >= 0.3 is 0 Å². The van der Waals surface area contributed by atoms with Crippen LogP contribution in [0.25, 0.3) is 0 Å². The van der Waals surface area contributed by atoms with E-state index in [2.05, 4.69) is 62.5 Å². The monoisotopic (exact) mass is 617 g/mol. The Hall–Kier alpha value is -1.16. The number of allylic oxidation sites excluding steroid dienone is 8. The second-order valence-electron chi connectivity index (χ2n) is 12.6. The summed E-state index contributed by atoms with van der Waals surface area (Å²) < 4.78 is 11.6. The first-order chi connectivity index (χ1) is 21.8. The molecule has 0 bridgehead atoms. The first kappa shape index (κ1) is 42.8. The molecule has 0 aliphatic heterocycles. The molecule has 0 fully saturated rings. The van der Waals surface area contributed by atoms with Crippen molar-refractivity contribution in [3.63, 3.8) is 0 Å². The molecule has 44 heavy (non-hydrogen) atoms. The molecule has 1 atom stereocenters. The van der Waals surface area contributed by atoms with Crippen LogP contribution >= 0.6 is 0 Å². The van der Waals surface area contributed by atoms with Gasteiger partial charge in [-0.05, 0) is 57.8 Å². The average molecular weight is 617 g/mol. The third-order valence-corrected chi connectivity index (χ3v) is 8.23. The van der Waals surface area contributed by atoms with E-state index in [1.807, 2.05) is 0 Å². The lowest BCUT2D eigenvalue weighted by Crippen LogP contribution is -2.24. The van der Waals surface area contributed by atoms with Crippen molar-refractivity contribution in [2.24, 2.45) is 0 Å². The Balaban J connectivity index is 3.41. The number of ether oxygens (including phenoxy) is 2. The number of aliphatic hydroxyl groups is 1. The molecule has 1 unspecified atom stereocenters. The highest BCUT2D eigenvalue weighted by atomic mass is 16.5. The first-order valence-electron chi connectivity index (χ1n) is 19.2. The van der Waals surface area contributed by atoms with Gasteiger partial charge in [-0.2, -0.15) is 0 Å². The topological polar surface area (TPSA) is 38.7 Å². The number of aliphatic hydroxyl groups excluding tert-OH is 1. The summed E-state index contributed by atoms with van der Waals surface area (Å²) >= 11 is 0. The van der Waals surface area contributed by atoms with Crippen molar-refractivity contribution in [1.29, 1.82) is 0 Å². The van der Waals surface area contributed by atoms with Gasteiger partial charge in [-0.15, -0.1) is 0 Å². The zero-order valence-corrected chi connectivity index (χ0v) is 29.7. The largest absolute Gasteiger partial charge is 0.394 e. The zero-order valence-electron chi connectivity index (χ0n) is 29.7. The molecule has 258 valence electrons. The number of unbranched alkanes of at least 4 members (excludes halogenated alkanes) is 20. The lowest BCUT2D eigenvalue weighted by Gasteiger charge is -2.15. The summed E-state index contributed by atoms with van der Waals surface area (Å²) in [6.45, 7) is 6.56. The third-order valence-electron chi connectivity index (χ3n) is 8.23. The molecule has 0 aromatic heterocycles. The van der Waals surface area contributed by atoms with Gasteiger partial charge in [-0.25, -0.2) is 0 Å². The van der Waals surface area contributed by atoms with E-state index < -0.39 is 0 Å². The molecule has 0 aliphatic carbocycles. The van der Waals surface area contributed by atoms with Crippen LogP contribution in [0.4, 0.5) is 0 Å². The molecule has 0 saturated heterocycles. The van der Waals surface area contributed by atoms with Crippen LogP contribution in [0.1, 0.15) is 181 Å². The van der Waals surface area contributed by atoms with Crippen LogP contribution in [0, 0.1) is 0 Å². The second-order valence-corrected chi connectivity index (χ2v) is 12.6. The molecule has 1 N–H and O–H groups in total. The lowest BCUT2D eigenvalue weighted by atomic mass is 10.0. The molecule has 0 heterocycles. The molecule has 0 aliphatic rings. The summed E-state index contributed by atoms with van der Waals surface area (Å²) in [5.41, 5.74) is 0. The van der Waals surface area contributed by atoms with Crippen molar-refractivity contribution in [2.45, 2.75) is 187 Å². The fourth-order valence-corrected chi connectivity index (χ4v) is 5.30. The molecular weight excluding hydrogens is 540 g/mol. The molecule has 3 heteroatoms. The third kappa shape index (κ3) is 37.0. The normalized spacial score (nSPS) is 13.1. The predicted octanol–water partition coefficient (Wildman–Crippen LogP) is 12.8. The highest BCUT2D eigenvalue weighted by molar-refractivity contribution is 4.99. The van der Waals surface area contributed by atoms with E-state index in [4.69, 9.17) is 9.47 Å². The van der Waals surface area contributed by atoms with E-state index in [-0.39, 0.29) is 12.7 Å². The quantitative estimate of drug-likeness (QED) is 0.0562. The Morgan fingerprint density at radius 2 is 0.795 bits per heavy atom. The Labute approximate surface area is 276 Å². The van der Waals surface area contributed by atoms with Crippen LogP contribution in [0.3, 0.4) is 0 Å². The SMILES string of the molecule is CCCCCC=CCC=CCC=CCC=CCCCCOC(CO)COCCCCCCCCCCCCCCCCCC. The van der Waals surface area contributed by atoms with Crippen molar-refractivity contribution in [1.82, 2.24) is 0 Å². The van der Waals surface area contributed by atoms with Crippen LogP contribution in [-0.2, 0) is 9.47 Å². The summed E-state index contributed by atoms with van der Waals surface area (Å²) in [4.78, 5) is 0. The van der Waals surface area contributed by atoms with Crippen LogP contribution in [0.2, 0.25) is 0 Å². The number of rotatable bonds is 36. The van der Waals surface area contributed by atoms with Gasteiger partial charge in [0.15, 0.2) is 0 Å². The smallest absolute Gasteiger partial charge is 0.104 e. The van der Waals surface area contributed by atoms with Gasteiger partial charge in [0.05, 0.1) is 13.2 Å². The van der Waals surface area contributed by atoms with Crippen molar-refractivity contribution < 1.29 is 14.6 Å². The van der Waals surface area contributed by atoms with Crippen LogP contribution in [-0.4, -0.2) is 37.6 Å². The van der Waals surface area contributed by atoms with Crippen molar-refractivity contribution in [2.75, 3.05) is 26.4 Å². The van der Waals surface area contributed by atoms with Gasteiger partial charge in [0, 0.05) is 13.2 Å². The van der Waals surface area contributed by atoms with E-state index >= 15 is 0 Å². The van der Waals surface area contributed by atoms with E-state index in [0.29, 0.717) is 13.2 Å². The number of hydrogen-bond donors (Lipinski definition) is 1. The van der Waals surface area contributed by atoms with E-state index in [1.54, 1.807) is 0 Å². The summed E-state index contributed by atoms with van der Waals surface area (Å²) in [6.07, 6.45) is 51.6. The minimum absolute atomic E-state index is 0.0378. The maximum absolute atomic E-state index is 9.59. The van der Waals surface area contributed by atoms with Crippen molar-refractivity contribution >= 4 is 0 Å². The highest BCUT2D eigenvalue weighted by Gasteiger charge is 2.07. The molecule has 0 aromatic carbocycles. The van der Waals surface area contributed by atoms with Crippen LogP contribution in [0.15, 0.2) is 48.6 Å². The van der Waals surface area contributed by atoms with Crippen LogP contribution < -0.4 is 0 Å². The van der Waals surface area contributed by atoms with E-state index in [0.717, 1.165) is 51.6 Å². The van der Waals surface area contributed by atoms with Gasteiger partial charge in [-0.3, -0.25) is 0 Å². The summed E-state index contributed by atoms with van der Waals surface area (Å²) in [5, 5.41) is 9.59. The standard InChI is InChI=1S/C41H76O3/c1-3-5-7-9-11-13-15-17-19-21-22-24-26-28-30-32-34-36-38-44-41(39-42)40-43-37-35-33-31-29-27-25-23-20-18-16-14-12-10-8-6-4-2/h11,13,17,19,22,24,28,30,41-42H,3-10,12,14-16,18,20-21,23,25-27,29,31-40H2,1-2H3. The average Bonchev–Trinajstić information content (AvgIpc) is 3.04. The molecule has 0 radical (unpaired) electrons. The minimum atomic E-state index is -0.187. The summed E-state index contributed by atoms with van der Waals surface area (Å²) in [7, 11) is 0. The maximum atomic E-state index is 9.59. The fourth-order valence-electron chi connectivity index (χ4n) is 5.30. The Bertz CT molecular complexity index is 636. The first-order valence-corrected chi connectivity index (χ1v) is 19.2. The number of hydrogen-bond acceptors (Lipinski definition) is 3. The van der Waals surface area contributed by atoms with Gasteiger partial charge in [0.2, 0.25) is 0 Å². The summed E-state index contributed by atoms with van der Waals surface area (Å²) in [6, 6.07) is 0. The van der Waals surface area contributed by atoms with Crippen molar-refractivity contribution in [3.8, 4) is 0 Å². The molecule has 0 rings (SSSR count). The zero-order chi connectivity index (χ0) is 31.9. The molecule has 0 aromatic rings. The second kappa shape index (κ2) is 39.9. The lowest BCUT2D eigenvalue weighted by molar-refractivity contribution is -0.0436. The Morgan fingerprint density at radius 1 is 0.432 bits per heavy atom. The van der Waals surface area contributed by atoms with Gasteiger partial charge in [0.25, 0.3) is 0 Å². The minimum Gasteiger partial charge on any atom is -0.394 e. The van der Waals surface area contributed by atoms with E-state index in [1.165, 1.54) is 122 Å². The van der Waals surface area contributed by atoms with Crippen LogP contribution in [0.5, 0.6) is 0 Å². The molecular formula is C41H76O3. The van der Waals surface area contributed by atoms with Crippen molar-refractivity contribution in [3.05, 3.63) is 48.6 Å². The Morgan fingerprint density at radius 3 is 1.25 bits per heavy atom. The Kier molecular flexibility index (Phi) is 38.8. The molecule has 0 spiro atoms. The maximum Gasteiger partial charge on any atom is 0.104 e. The van der Waals surface area contributed by atoms with E-state index in [9.17, 15) is 5.11 Å². The molecule has 0 saturated carbocycles.